The molecule has 1 atom stereocenters. The van der Waals surface area contributed by atoms with Crippen LogP contribution in [0.15, 0.2) is 24.3 Å². The number of hydrogen-bond acceptors (Lipinski definition) is 3. The van der Waals surface area contributed by atoms with Crippen LogP contribution in [0.5, 0.6) is 0 Å². The van der Waals surface area contributed by atoms with Crippen LogP contribution in [0.4, 0.5) is 5.69 Å². The van der Waals surface area contributed by atoms with Crippen LogP contribution in [0.25, 0.3) is 0 Å². The largest absolute Gasteiger partial charge is 0.481 e. The van der Waals surface area contributed by atoms with Gasteiger partial charge >= 0.3 is 5.97 Å². The third kappa shape index (κ3) is 3.47. The van der Waals surface area contributed by atoms with Crippen LogP contribution in [0.2, 0.25) is 0 Å². The maximum absolute atomic E-state index is 10.9. The zero-order valence-electron chi connectivity index (χ0n) is 11.7. The zero-order valence-corrected chi connectivity index (χ0v) is 11.7. The van der Waals surface area contributed by atoms with Crippen LogP contribution >= 0.6 is 0 Å². The van der Waals surface area contributed by atoms with Crippen LogP contribution in [0, 0.1) is 0 Å². The van der Waals surface area contributed by atoms with Crippen molar-refractivity contribution in [2.75, 3.05) is 38.6 Å². The molecule has 0 saturated carbocycles. The fourth-order valence-electron chi connectivity index (χ4n) is 2.76. The van der Waals surface area contributed by atoms with Crippen molar-refractivity contribution < 1.29 is 9.90 Å². The van der Waals surface area contributed by atoms with Gasteiger partial charge in [0.15, 0.2) is 0 Å². The SMILES string of the molecule is CN(C)CCCN1CC(CC(=O)O)c2ccccc21. The highest BCUT2D eigenvalue weighted by Gasteiger charge is 2.29. The molecule has 1 aromatic carbocycles. The third-order valence-electron chi connectivity index (χ3n) is 3.61. The molecule has 2 rings (SSSR count). The fraction of sp³-hybridized carbons (Fsp3) is 0.533. The van der Waals surface area contributed by atoms with Crippen molar-refractivity contribution in [3.8, 4) is 0 Å². The molecular formula is C15H22N2O2. The van der Waals surface area contributed by atoms with E-state index in [1.54, 1.807) is 0 Å². The molecule has 0 fully saturated rings. The summed E-state index contributed by atoms with van der Waals surface area (Å²) in [6.45, 7) is 2.88. The van der Waals surface area contributed by atoms with Gasteiger partial charge in [-0.3, -0.25) is 4.79 Å². The van der Waals surface area contributed by atoms with Crippen LogP contribution in [-0.2, 0) is 4.79 Å². The second kappa shape index (κ2) is 6.06. The summed E-state index contributed by atoms with van der Waals surface area (Å²) in [5.41, 5.74) is 2.40. The Balaban J connectivity index is 2.05. The summed E-state index contributed by atoms with van der Waals surface area (Å²) in [5, 5.41) is 9.01. The molecule has 1 aliphatic heterocycles. The van der Waals surface area contributed by atoms with E-state index >= 15 is 0 Å². The summed E-state index contributed by atoms with van der Waals surface area (Å²) in [5.74, 6) is -0.581. The van der Waals surface area contributed by atoms with Gasteiger partial charge in [0.1, 0.15) is 0 Å². The number of carboxylic acids is 1. The van der Waals surface area contributed by atoms with E-state index in [4.69, 9.17) is 5.11 Å². The summed E-state index contributed by atoms with van der Waals surface area (Å²) in [4.78, 5) is 15.5. The van der Waals surface area contributed by atoms with Crippen molar-refractivity contribution in [2.45, 2.75) is 18.8 Å². The molecule has 0 amide bonds. The van der Waals surface area contributed by atoms with Gasteiger partial charge in [0, 0.05) is 24.7 Å². The van der Waals surface area contributed by atoms with E-state index in [-0.39, 0.29) is 12.3 Å². The monoisotopic (exact) mass is 262 g/mol. The van der Waals surface area contributed by atoms with Gasteiger partial charge < -0.3 is 14.9 Å². The molecule has 0 saturated heterocycles. The summed E-state index contributed by atoms with van der Waals surface area (Å²) >= 11 is 0. The second-order valence-corrected chi connectivity index (χ2v) is 5.46. The lowest BCUT2D eigenvalue weighted by atomic mass is 9.98. The van der Waals surface area contributed by atoms with Crippen LogP contribution in [0.3, 0.4) is 0 Å². The number of aliphatic carboxylic acids is 1. The summed E-state index contributed by atoms with van der Waals surface area (Å²) < 4.78 is 0. The van der Waals surface area contributed by atoms with Gasteiger partial charge in [0.2, 0.25) is 0 Å². The first kappa shape index (κ1) is 13.9. The van der Waals surface area contributed by atoms with Crippen LogP contribution in [-0.4, -0.2) is 49.7 Å². The first-order chi connectivity index (χ1) is 9.08. The maximum atomic E-state index is 10.9. The van der Waals surface area contributed by atoms with Crippen molar-refractivity contribution in [1.82, 2.24) is 4.90 Å². The molecule has 0 aromatic heterocycles. The van der Waals surface area contributed by atoms with Crippen LogP contribution < -0.4 is 4.90 Å². The molecule has 0 radical (unpaired) electrons. The van der Waals surface area contributed by atoms with Gasteiger partial charge in [-0.15, -0.1) is 0 Å². The highest BCUT2D eigenvalue weighted by atomic mass is 16.4. The van der Waals surface area contributed by atoms with Gasteiger partial charge in [-0.25, -0.2) is 0 Å². The Bertz CT molecular complexity index is 446. The average molecular weight is 262 g/mol. The Labute approximate surface area is 114 Å². The van der Waals surface area contributed by atoms with Crippen LogP contribution in [0.1, 0.15) is 24.3 Å². The van der Waals surface area contributed by atoms with E-state index in [1.807, 2.05) is 12.1 Å². The molecule has 1 heterocycles. The molecule has 4 nitrogen and oxygen atoms in total. The van der Waals surface area contributed by atoms with E-state index in [9.17, 15) is 4.79 Å². The van der Waals surface area contributed by atoms with Gasteiger partial charge in [0.25, 0.3) is 0 Å². The molecule has 1 N–H and O–H groups in total. The van der Waals surface area contributed by atoms with Gasteiger partial charge in [-0.05, 0) is 38.7 Å². The van der Waals surface area contributed by atoms with Crippen molar-refractivity contribution in [1.29, 1.82) is 0 Å². The van der Waals surface area contributed by atoms with E-state index in [0.29, 0.717) is 0 Å². The minimum atomic E-state index is -0.713. The predicted octanol–water partition coefficient (Wildman–Crippen LogP) is 2.02. The molecule has 1 aromatic rings. The van der Waals surface area contributed by atoms with E-state index in [1.165, 1.54) is 11.3 Å². The minimum absolute atomic E-state index is 0.132. The lowest BCUT2D eigenvalue weighted by molar-refractivity contribution is -0.137. The van der Waals surface area contributed by atoms with Gasteiger partial charge in [-0.2, -0.15) is 0 Å². The van der Waals surface area contributed by atoms with E-state index < -0.39 is 5.97 Å². The van der Waals surface area contributed by atoms with E-state index in [0.717, 1.165) is 26.1 Å². The van der Waals surface area contributed by atoms with Crippen molar-refractivity contribution in [3.05, 3.63) is 29.8 Å². The highest BCUT2D eigenvalue weighted by Crippen LogP contribution is 2.37. The predicted molar refractivity (Wildman–Crippen MR) is 76.8 cm³/mol. The number of fused-ring (bicyclic) bond motifs is 1. The molecule has 1 unspecified atom stereocenters. The number of para-hydroxylation sites is 1. The lowest BCUT2D eigenvalue weighted by Gasteiger charge is -2.21. The molecule has 19 heavy (non-hydrogen) atoms. The fourth-order valence-corrected chi connectivity index (χ4v) is 2.76. The molecule has 4 heteroatoms. The van der Waals surface area contributed by atoms with Gasteiger partial charge in [0.05, 0.1) is 6.42 Å². The molecule has 0 aliphatic carbocycles. The number of carbonyl (C=O) groups is 1. The summed E-state index contributed by atoms with van der Waals surface area (Å²) in [6, 6.07) is 8.19. The quantitative estimate of drug-likeness (QED) is 0.852. The highest BCUT2D eigenvalue weighted by molar-refractivity contribution is 5.71. The molecule has 0 spiro atoms. The number of carboxylic acid groups (broad SMARTS) is 1. The average Bonchev–Trinajstić information content (AvgIpc) is 2.67. The molecular weight excluding hydrogens is 240 g/mol. The molecule has 1 aliphatic rings. The first-order valence-corrected chi connectivity index (χ1v) is 6.78. The topological polar surface area (TPSA) is 43.8 Å². The van der Waals surface area contributed by atoms with Gasteiger partial charge in [-0.1, -0.05) is 18.2 Å². The summed E-state index contributed by atoms with van der Waals surface area (Å²) in [6.07, 6.45) is 1.32. The Morgan fingerprint density at radius 2 is 2.16 bits per heavy atom. The standard InChI is InChI=1S/C15H22N2O2/c1-16(2)8-5-9-17-11-12(10-15(18)19)13-6-3-4-7-14(13)17/h3-4,6-7,12H,5,8-11H2,1-2H3,(H,18,19). The zero-order chi connectivity index (χ0) is 13.8. The number of hydrogen-bond donors (Lipinski definition) is 1. The Hall–Kier alpha value is -1.55. The number of nitrogens with zero attached hydrogens (tertiary/aromatic N) is 2. The molecule has 104 valence electrons. The van der Waals surface area contributed by atoms with Crippen molar-refractivity contribution in [3.63, 3.8) is 0 Å². The summed E-state index contributed by atoms with van der Waals surface area (Å²) in [7, 11) is 4.15. The Morgan fingerprint density at radius 1 is 1.42 bits per heavy atom. The Kier molecular flexibility index (Phi) is 4.43. The number of benzene rings is 1. The maximum Gasteiger partial charge on any atom is 0.304 e. The first-order valence-electron chi connectivity index (χ1n) is 6.78. The number of rotatable bonds is 6. The minimum Gasteiger partial charge on any atom is -0.481 e. The second-order valence-electron chi connectivity index (χ2n) is 5.46. The molecule has 0 bridgehead atoms. The third-order valence-corrected chi connectivity index (χ3v) is 3.61. The lowest BCUT2D eigenvalue weighted by Crippen LogP contribution is -2.26. The smallest absolute Gasteiger partial charge is 0.304 e. The van der Waals surface area contributed by atoms with Crippen molar-refractivity contribution in [2.24, 2.45) is 0 Å². The Morgan fingerprint density at radius 3 is 2.84 bits per heavy atom. The van der Waals surface area contributed by atoms with Crippen molar-refractivity contribution >= 4 is 11.7 Å². The normalized spacial score (nSPS) is 17.8. The van der Waals surface area contributed by atoms with E-state index in [2.05, 4.69) is 36.0 Å². The number of anilines is 1.